The third kappa shape index (κ3) is 6.23. The molecule has 38 heavy (non-hydrogen) atoms. The van der Waals surface area contributed by atoms with Crippen LogP contribution >= 0.6 is 23.2 Å². The molecule has 1 fully saturated rings. The van der Waals surface area contributed by atoms with Crippen LogP contribution < -0.4 is 0 Å². The Bertz CT molecular complexity index is 1290. The maximum atomic E-state index is 14.3. The van der Waals surface area contributed by atoms with E-state index in [1.807, 2.05) is 62.4 Å². The van der Waals surface area contributed by atoms with E-state index in [0.717, 1.165) is 48.7 Å². The number of nitrogens with zero attached hydrogens (tertiary/aromatic N) is 2. The molecule has 0 saturated carbocycles. The minimum absolute atomic E-state index is 0.145. The van der Waals surface area contributed by atoms with E-state index in [0.29, 0.717) is 29.7 Å². The molecule has 204 valence electrons. The number of sulfone groups is 1. The van der Waals surface area contributed by atoms with Crippen LogP contribution in [-0.4, -0.2) is 57.2 Å². The average molecular weight is 582 g/mol. The molecule has 1 heterocycles. The van der Waals surface area contributed by atoms with E-state index in [2.05, 4.69) is 9.80 Å². The predicted octanol–water partition coefficient (Wildman–Crippen LogP) is 6.79. The van der Waals surface area contributed by atoms with Gasteiger partial charge in [0.05, 0.1) is 11.3 Å². The van der Waals surface area contributed by atoms with Crippen LogP contribution in [-0.2, 0) is 9.84 Å². The number of rotatable bonds is 10. The first-order chi connectivity index (χ1) is 18.0. The number of benzene rings is 3. The molecule has 3 aromatic carbocycles. The van der Waals surface area contributed by atoms with Crippen molar-refractivity contribution < 1.29 is 17.2 Å². The van der Waals surface area contributed by atoms with Crippen LogP contribution in [0.25, 0.3) is 0 Å². The smallest absolute Gasteiger partial charge is 0.155 e. The zero-order valence-corrected chi connectivity index (χ0v) is 24.0. The van der Waals surface area contributed by atoms with Crippen molar-refractivity contribution in [2.75, 3.05) is 39.0 Å². The van der Waals surface area contributed by atoms with Gasteiger partial charge in [-0.05, 0) is 66.2 Å². The van der Waals surface area contributed by atoms with Crippen LogP contribution in [0.15, 0.2) is 66.7 Å². The largest absolute Gasteiger partial charge is 0.303 e. The summed E-state index contributed by atoms with van der Waals surface area (Å²) in [4.78, 5) is 4.38. The standard InChI is InChI=1S/C29H32Cl2F2N2O2S/c1-4-34(5-2)17-29(28(38(3,36)37)22-14-25(32)16-26(33)15-22)18-35(19-29)27(20-6-10-23(30)11-7-20)21-8-12-24(31)13-9-21/h6-16,27-28H,4-5,17-19H2,1-3H3. The lowest BCUT2D eigenvalue weighted by Crippen LogP contribution is -2.65. The van der Waals surface area contributed by atoms with Crippen molar-refractivity contribution >= 4 is 33.0 Å². The van der Waals surface area contributed by atoms with Gasteiger partial charge in [0.1, 0.15) is 11.6 Å². The molecule has 0 aromatic heterocycles. The fraction of sp³-hybridized carbons (Fsp3) is 0.379. The Morgan fingerprint density at radius 3 is 1.68 bits per heavy atom. The first-order valence-electron chi connectivity index (χ1n) is 12.6. The second-order valence-corrected chi connectivity index (χ2v) is 13.2. The van der Waals surface area contributed by atoms with E-state index in [1.54, 1.807) is 0 Å². The van der Waals surface area contributed by atoms with Crippen molar-refractivity contribution in [2.45, 2.75) is 25.1 Å². The van der Waals surface area contributed by atoms with Crippen molar-refractivity contribution in [3.63, 3.8) is 0 Å². The first-order valence-corrected chi connectivity index (χ1v) is 15.3. The van der Waals surface area contributed by atoms with Gasteiger partial charge in [-0.15, -0.1) is 0 Å². The van der Waals surface area contributed by atoms with Gasteiger partial charge in [-0.1, -0.05) is 61.3 Å². The van der Waals surface area contributed by atoms with Gasteiger partial charge in [0, 0.05) is 47.4 Å². The summed E-state index contributed by atoms with van der Waals surface area (Å²) in [5.74, 6) is -1.58. The van der Waals surface area contributed by atoms with Gasteiger partial charge in [0.25, 0.3) is 0 Å². The van der Waals surface area contributed by atoms with Crippen LogP contribution in [0.5, 0.6) is 0 Å². The Morgan fingerprint density at radius 2 is 1.29 bits per heavy atom. The lowest BCUT2D eigenvalue weighted by Gasteiger charge is -2.57. The third-order valence-electron chi connectivity index (χ3n) is 7.38. The van der Waals surface area contributed by atoms with Crippen molar-refractivity contribution in [3.05, 3.63) is 105 Å². The lowest BCUT2D eigenvalue weighted by atomic mass is 9.72. The van der Waals surface area contributed by atoms with Gasteiger partial charge in [-0.3, -0.25) is 4.90 Å². The number of likely N-dealkylation sites (tertiary alicyclic amines) is 1. The topological polar surface area (TPSA) is 40.6 Å². The van der Waals surface area contributed by atoms with Crippen molar-refractivity contribution in [1.29, 1.82) is 0 Å². The summed E-state index contributed by atoms with van der Waals surface area (Å²) in [5, 5.41) is 0.162. The van der Waals surface area contributed by atoms with Gasteiger partial charge in [-0.25, -0.2) is 17.2 Å². The molecule has 3 aromatic rings. The number of hydrogen-bond acceptors (Lipinski definition) is 4. The summed E-state index contributed by atoms with van der Waals surface area (Å²) in [6, 6.07) is 18.1. The molecular formula is C29H32Cl2F2N2O2S. The Kier molecular flexibility index (Phi) is 8.85. The number of halogens is 4. The fourth-order valence-electron chi connectivity index (χ4n) is 5.87. The molecule has 0 bridgehead atoms. The van der Waals surface area contributed by atoms with Gasteiger partial charge >= 0.3 is 0 Å². The van der Waals surface area contributed by atoms with Crippen molar-refractivity contribution in [2.24, 2.45) is 5.41 Å². The normalized spacial score (nSPS) is 16.6. The molecule has 0 spiro atoms. The molecule has 1 aliphatic rings. The minimum atomic E-state index is -3.74. The molecular weight excluding hydrogens is 549 g/mol. The zero-order chi connectivity index (χ0) is 27.7. The fourth-order valence-corrected chi connectivity index (χ4v) is 7.89. The van der Waals surface area contributed by atoms with E-state index in [1.165, 1.54) is 0 Å². The summed E-state index contributed by atoms with van der Waals surface area (Å²) < 4.78 is 55.3. The summed E-state index contributed by atoms with van der Waals surface area (Å²) in [5.41, 5.74) is 1.37. The molecule has 9 heteroatoms. The highest BCUT2D eigenvalue weighted by molar-refractivity contribution is 7.91. The Morgan fingerprint density at radius 1 is 0.842 bits per heavy atom. The number of hydrogen-bond donors (Lipinski definition) is 0. The van der Waals surface area contributed by atoms with Crippen LogP contribution in [0.1, 0.15) is 41.8 Å². The van der Waals surface area contributed by atoms with E-state index >= 15 is 0 Å². The van der Waals surface area contributed by atoms with Crippen LogP contribution in [0.4, 0.5) is 8.78 Å². The Hall–Kier alpha value is -2.03. The minimum Gasteiger partial charge on any atom is -0.303 e. The molecule has 1 atom stereocenters. The van der Waals surface area contributed by atoms with Gasteiger partial charge in [0.15, 0.2) is 9.84 Å². The molecule has 0 amide bonds. The third-order valence-corrected chi connectivity index (χ3v) is 9.51. The molecule has 1 aliphatic heterocycles. The first kappa shape index (κ1) is 29.0. The Labute approximate surface area is 234 Å². The average Bonchev–Trinajstić information content (AvgIpc) is 2.82. The lowest BCUT2D eigenvalue weighted by molar-refractivity contribution is -0.0464. The highest BCUT2D eigenvalue weighted by Crippen LogP contribution is 2.51. The molecule has 1 unspecified atom stereocenters. The van der Waals surface area contributed by atoms with Crippen molar-refractivity contribution in [1.82, 2.24) is 9.80 Å². The van der Waals surface area contributed by atoms with E-state index < -0.39 is 32.1 Å². The molecule has 1 saturated heterocycles. The highest BCUT2D eigenvalue weighted by Gasteiger charge is 2.55. The maximum Gasteiger partial charge on any atom is 0.155 e. The second-order valence-electron chi connectivity index (χ2n) is 10.1. The van der Waals surface area contributed by atoms with Crippen LogP contribution in [0.3, 0.4) is 0 Å². The van der Waals surface area contributed by atoms with E-state index in [-0.39, 0.29) is 11.6 Å². The molecule has 0 aliphatic carbocycles. The molecule has 4 nitrogen and oxygen atoms in total. The van der Waals surface area contributed by atoms with E-state index in [4.69, 9.17) is 23.2 Å². The summed E-state index contributed by atoms with van der Waals surface area (Å²) >= 11 is 12.3. The van der Waals surface area contributed by atoms with Crippen LogP contribution in [0.2, 0.25) is 10.0 Å². The Balaban J connectivity index is 1.80. The van der Waals surface area contributed by atoms with Crippen molar-refractivity contribution in [3.8, 4) is 0 Å². The summed E-state index contributed by atoms with van der Waals surface area (Å²) in [6.07, 6.45) is 1.16. The maximum absolute atomic E-state index is 14.3. The van der Waals surface area contributed by atoms with E-state index in [9.17, 15) is 17.2 Å². The van der Waals surface area contributed by atoms with Gasteiger partial charge in [-0.2, -0.15) is 0 Å². The summed E-state index contributed by atoms with van der Waals surface area (Å²) in [7, 11) is -3.74. The van der Waals surface area contributed by atoms with Gasteiger partial charge < -0.3 is 4.90 Å². The SMILES string of the molecule is CCN(CC)CC1(C(c2cc(F)cc(F)c2)S(C)(=O)=O)CN(C(c2ccc(Cl)cc2)c2ccc(Cl)cc2)C1. The molecule has 0 N–H and O–H groups in total. The highest BCUT2D eigenvalue weighted by atomic mass is 35.5. The predicted molar refractivity (Wildman–Crippen MR) is 150 cm³/mol. The van der Waals surface area contributed by atoms with Crippen LogP contribution in [0, 0.1) is 17.0 Å². The summed E-state index contributed by atoms with van der Waals surface area (Å²) in [6.45, 7) is 6.79. The van der Waals surface area contributed by atoms with Gasteiger partial charge in [0.2, 0.25) is 0 Å². The quantitative estimate of drug-likeness (QED) is 0.265. The second kappa shape index (κ2) is 11.6. The molecule has 4 rings (SSSR count). The molecule has 0 radical (unpaired) electrons. The zero-order valence-electron chi connectivity index (χ0n) is 21.7. The monoisotopic (exact) mass is 580 g/mol.